The first-order valence-electron chi connectivity index (χ1n) is 11.6. The molecule has 206 valence electrons. The number of H-pyrrole nitrogens is 1. The lowest BCUT2D eigenvalue weighted by molar-refractivity contribution is -0.137. The van der Waals surface area contributed by atoms with E-state index in [2.05, 4.69) is 25.8 Å². The van der Waals surface area contributed by atoms with E-state index in [1.54, 1.807) is 0 Å². The maximum atomic E-state index is 14.8. The summed E-state index contributed by atoms with van der Waals surface area (Å²) in [4.78, 5) is 41.2. The Morgan fingerprint density at radius 1 is 1.21 bits per heavy atom. The monoisotopic (exact) mass is 549 g/mol. The third kappa shape index (κ3) is 6.39. The molecule has 10 nitrogen and oxygen atoms in total. The number of aromatic nitrogens is 3. The predicted molar refractivity (Wildman–Crippen MR) is 129 cm³/mol. The molecule has 1 saturated heterocycles. The first kappa shape index (κ1) is 27.7. The number of benzene rings is 1. The zero-order chi connectivity index (χ0) is 28.2. The first-order valence-corrected chi connectivity index (χ1v) is 11.6. The van der Waals surface area contributed by atoms with Crippen LogP contribution in [0.5, 0.6) is 5.75 Å². The van der Waals surface area contributed by atoms with E-state index in [9.17, 15) is 31.9 Å². The van der Waals surface area contributed by atoms with E-state index in [1.807, 2.05) is 0 Å². The van der Waals surface area contributed by atoms with Gasteiger partial charge in [-0.1, -0.05) is 0 Å². The van der Waals surface area contributed by atoms with Crippen LogP contribution in [0.3, 0.4) is 0 Å². The number of nitrogens with one attached hydrogen (secondary N) is 3. The van der Waals surface area contributed by atoms with Crippen molar-refractivity contribution in [1.82, 2.24) is 20.5 Å². The normalized spacial score (nSPS) is 17.1. The van der Waals surface area contributed by atoms with E-state index in [1.165, 1.54) is 19.4 Å². The van der Waals surface area contributed by atoms with E-state index in [-0.39, 0.29) is 61.0 Å². The molecule has 39 heavy (non-hydrogen) atoms. The highest BCUT2D eigenvalue weighted by Crippen LogP contribution is 2.38. The topological polar surface area (TPSA) is 135 Å². The third-order valence-corrected chi connectivity index (χ3v) is 6.22. The lowest BCUT2D eigenvalue weighted by Gasteiger charge is -2.25. The number of methoxy groups -OCH3 is 1. The molecule has 0 radical (unpaired) electrons. The van der Waals surface area contributed by atoms with Gasteiger partial charge in [0.1, 0.15) is 11.6 Å². The number of ketones is 1. The average molecular weight is 549 g/mol. The van der Waals surface area contributed by atoms with Gasteiger partial charge < -0.3 is 20.1 Å². The van der Waals surface area contributed by atoms with Crippen LogP contribution in [0.4, 0.5) is 28.9 Å². The van der Waals surface area contributed by atoms with Crippen molar-refractivity contribution in [3.05, 3.63) is 75.7 Å². The molecular weight excluding hydrogens is 526 g/mol. The Morgan fingerprint density at radius 2 is 2.00 bits per heavy atom. The van der Waals surface area contributed by atoms with E-state index in [4.69, 9.17) is 9.47 Å². The summed E-state index contributed by atoms with van der Waals surface area (Å²) in [5.74, 6) is -1.91. The molecule has 14 heteroatoms. The molecule has 0 bridgehead atoms. The SMILES string of the molecule is COc1ccc(Nc2cnc(CNC(=O)[C@]3(CC(=O)c4cn[nH]c(=O)c4)CCOC3)c(F)c2)c(C(F)(F)F)c1. The molecule has 3 N–H and O–H groups in total. The minimum atomic E-state index is -4.69. The van der Waals surface area contributed by atoms with Crippen molar-refractivity contribution in [1.29, 1.82) is 0 Å². The van der Waals surface area contributed by atoms with Crippen molar-refractivity contribution in [2.75, 3.05) is 25.6 Å². The van der Waals surface area contributed by atoms with Gasteiger partial charge in [0.05, 0.1) is 60.7 Å². The number of carbonyl (C=O) groups is 2. The molecule has 0 saturated carbocycles. The quantitative estimate of drug-likeness (QED) is 0.273. The van der Waals surface area contributed by atoms with Gasteiger partial charge in [-0.05, 0) is 24.6 Å². The van der Waals surface area contributed by atoms with Crippen molar-refractivity contribution in [2.24, 2.45) is 5.41 Å². The maximum absolute atomic E-state index is 14.8. The molecule has 0 unspecified atom stereocenters. The molecule has 1 aliphatic rings. The van der Waals surface area contributed by atoms with E-state index in [0.29, 0.717) is 0 Å². The van der Waals surface area contributed by atoms with Crippen LogP contribution in [0.15, 0.2) is 47.5 Å². The zero-order valence-corrected chi connectivity index (χ0v) is 20.5. The number of rotatable bonds is 9. The van der Waals surface area contributed by atoms with Crippen LogP contribution in [0.2, 0.25) is 0 Å². The van der Waals surface area contributed by atoms with Gasteiger partial charge in [0.25, 0.3) is 5.56 Å². The Kier molecular flexibility index (Phi) is 7.95. The highest BCUT2D eigenvalue weighted by atomic mass is 19.4. The fraction of sp³-hybridized carbons (Fsp3) is 0.320. The summed E-state index contributed by atoms with van der Waals surface area (Å²) in [6, 6.07) is 5.33. The highest BCUT2D eigenvalue weighted by Gasteiger charge is 2.44. The van der Waals surface area contributed by atoms with Gasteiger partial charge >= 0.3 is 6.18 Å². The van der Waals surface area contributed by atoms with Crippen LogP contribution in [0.1, 0.15) is 34.5 Å². The number of amides is 1. The number of carbonyl (C=O) groups excluding carboxylic acids is 2. The van der Waals surface area contributed by atoms with Gasteiger partial charge in [-0.25, -0.2) is 9.49 Å². The maximum Gasteiger partial charge on any atom is 0.418 e. The minimum Gasteiger partial charge on any atom is -0.497 e. The second kappa shape index (κ2) is 11.2. The van der Waals surface area contributed by atoms with E-state index < -0.39 is 40.2 Å². The number of aromatic amines is 1. The van der Waals surface area contributed by atoms with Crippen LogP contribution < -0.4 is 20.9 Å². The summed E-state index contributed by atoms with van der Waals surface area (Å²) in [5.41, 5.74) is -3.31. The molecule has 0 aliphatic carbocycles. The number of ether oxygens (including phenoxy) is 2. The van der Waals surface area contributed by atoms with Gasteiger partial charge in [-0.3, -0.25) is 19.4 Å². The number of Topliss-reactive ketones (excluding diaryl/α,β-unsaturated/α-hetero) is 1. The van der Waals surface area contributed by atoms with Crippen molar-refractivity contribution in [3.8, 4) is 5.75 Å². The predicted octanol–water partition coefficient (Wildman–Crippen LogP) is 3.37. The summed E-state index contributed by atoms with van der Waals surface area (Å²) < 4.78 is 65.4. The number of nitrogens with zero attached hydrogens (tertiary/aromatic N) is 2. The molecule has 2 aromatic heterocycles. The molecule has 1 aromatic carbocycles. The number of halogens is 4. The Morgan fingerprint density at radius 3 is 2.64 bits per heavy atom. The lowest BCUT2D eigenvalue weighted by Crippen LogP contribution is -2.43. The molecule has 1 amide bonds. The van der Waals surface area contributed by atoms with Gasteiger partial charge in [-0.15, -0.1) is 0 Å². The van der Waals surface area contributed by atoms with Crippen molar-refractivity contribution >= 4 is 23.1 Å². The number of hydrogen-bond donors (Lipinski definition) is 3. The Balaban J connectivity index is 1.45. The van der Waals surface area contributed by atoms with Crippen molar-refractivity contribution in [2.45, 2.75) is 25.6 Å². The average Bonchev–Trinajstić information content (AvgIpc) is 3.37. The summed E-state index contributed by atoms with van der Waals surface area (Å²) in [5, 5.41) is 10.8. The molecular formula is C25H23F4N5O5. The van der Waals surface area contributed by atoms with Crippen LogP contribution >= 0.6 is 0 Å². The summed E-state index contributed by atoms with van der Waals surface area (Å²) in [6.45, 7) is -0.167. The second-order valence-corrected chi connectivity index (χ2v) is 8.89. The van der Waals surface area contributed by atoms with Crippen LogP contribution in [0, 0.1) is 11.2 Å². The molecule has 3 heterocycles. The third-order valence-electron chi connectivity index (χ3n) is 6.22. The largest absolute Gasteiger partial charge is 0.497 e. The van der Waals surface area contributed by atoms with Crippen LogP contribution in [-0.4, -0.2) is 47.2 Å². The minimum absolute atomic E-state index is 0.00417. The Bertz CT molecular complexity index is 1440. The fourth-order valence-electron chi connectivity index (χ4n) is 4.11. The molecule has 4 rings (SSSR count). The number of anilines is 2. The van der Waals surface area contributed by atoms with Crippen LogP contribution in [-0.2, 0) is 22.3 Å². The van der Waals surface area contributed by atoms with Gasteiger partial charge in [-0.2, -0.15) is 18.3 Å². The lowest BCUT2D eigenvalue weighted by atomic mass is 9.80. The van der Waals surface area contributed by atoms with Gasteiger partial charge in [0.15, 0.2) is 5.78 Å². The van der Waals surface area contributed by atoms with Gasteiger partial charge in [0, 0.05) is 30.7 Å². The van der Waals surface area contributed by atoms with E-state index >= 15 is 0 Å². The smallest absolute Gasteiger partial charge is 0.418 e. The number of pyridine rings is 1. The summed E-state index contributed by atoms with van der Waals surface area (Å²) in [7, 11) is 1.24. The molecule has 1 aliphatic heterocycles. The van der Waals surface area contributed by atoms with Crippen LogP contribution in [0.25, 0.3) is 0 Å². The summed E-state index contributed by atoms with van der Waals surface area (Å²) >= 11 is 0. The Hall–Kier alpha value is -4.33. The second-order valence-electron chi connectivity index (χ2n) is 8.89. The van der Waals surface area contributed by atoms with Crippen molar-refractivity contribution < 1.29 is 36.6 Å². The summed E-state index contributed by atoms with van der Waals surface area (Å²) in [6.07, 6.45) is -2.41. The molecule has 0 spiro atoms. The Labute approximate surface area is 218 Å². The standard InChI is InChI=1S/C25H23F4N5O5/c1-38-16-2-3-19(17(8-16)25(27,28)29)33-15-7-18(26)20(30-11-15)12-31-23(37)24(4-5-39-13-24)9-21(35)14-6-22(36)34-32-10-14/h2-3,6-8,10-11,33H,4-5,9,12-13H2,1H3,(H,31,37)(H,34,36)/t24-/m0/s1. The fourth-order valence-corrected chi connectivity index (χ4v) is 4.11. The molecule has 1 fully saturated rings. The highest BCUT2D eigenvalue weighted by molar-refractivity contribution is 5.99. The first-order chi connectivity index (χ1) is 18.5. The van der Waals surface area contributed by atoms with Gasteiger partial charge in [0.2, 0.25) is 5.91 Å². The van der Waals surface area contributed by atoms with E-state index in [0.717, 1.165) is 30.5 Å². The molecule has 1 atom stereocenters. The number of hydrogen-bond acceptors (Lipinski definition) is 8. The zero-order valence-electron chi connectivity index (χ0n) is 20.5. The number of alkyl halides is 3. The van der Waals surface area contributed by atoms with Crippen molar-refractivity contribution in [3.63, 3.8) is 0 Å². The molecule has 3 aromatic rings.